The van der Waals surface area contributed by atoms with Crippen LogP contribution < -0.4 is 5.32 Å². The predicted octanol–water partition coefficient (Wildman–Crippen LogP) is 2.93. The average molecular weight is 226 g/mol. The fraction of sp³-hybridized carbons (Fsp3) is 0.467. The molecule has 1 aliphatic heterocycles. The van der Waals surface area contributed by atoms with Crippen LogP contribution in [0.3, 0.4) is 0 Å². The topological polar surface area (TPSA) is 17.0 Å². The maximum atomic E-state index is 3.68. The summed E-state index contributed by atoms with van der Waals surface area (Å²) in [5.41, 5.74) is 6.13. The van der Waals surface area contributed by atoms with Crippen molar-refractivity contribution in [3.05, 3.63) is 35.0 Å². The molecule has 17 heavy (non-hydrogen) atoms. The van der Waals surface area contributed by atoms with Crippen molar-refractivity contribution in [2.24, 2.45) is 0 Å². The Labute approximate surface area is 102 Å². The second-order valence-electron chi connectivity index (χ2n) is 5.39. The van der Waals surface area contributed by atoms with E-state index in [1.54, 1.807) is 11.3 Å². The highest BCUT2D eigenvalue weighted by Gasteiger charge is 2.29. The summed E-state index contributed by atoms with van der Waals surface area (Å²) in [5, 5.41) is 5.18. The molecule has 2 aromatic rings. The normalized spacial score (nSPS) is 22.8. The zero-order chi connectivity index (χ0) is 11.4. The quantitative estimate of drug-likeness (QED) is 0.731. The van der Waals surface area contributed by atoms with E-state index in [9.17, 15) is 0 Å². The fourth-order valence-electron chi connectivity index (χ4n) is 3.74. The molecule has 0 spiro atoms. The van der Waals surface area contributed by atoms with Gasteiger partial charge in [-0.15, -0.1) is 0 Å². The number of nitrogens with one attached hydrogen (secondary N) is 1. The van der Waals surface area contributed by atoms with Gasteiger partial charge in [0.2, 0.25) is 0 Å². The standard InChI is InChI=1S/C15H18N2/c1-10-4-2-5-11-12-6-3-7-13-15(12)17(14(10)11)9-8-16-13/h2,4-5,13,16H,3,6-9H2,1H3/t13-/m0/s1. The molecule has 1 aromatic heterocycles. The molecule has 2 nitrogen and oxygen atoms in total. The van der Waals surface area contributed by atoms with Crippen LogP contribution in [0, 0.1) is 6.92 Å². The molecule has 2 aliphatic rings. The zero-order valence-corrected chi connectivity index (χ0v) is 10.3. The first kappa shape index (κ1) is 9.72. The lowest BCUT2D eigenvalue weighted by Gasteiger charge is -2.31. The van der Waals surface area contributed by atoms with Gasteiger partial charge in [0, 0.05) is 30.2 Å². The third-order valence-corrected chi connectivity index (χ3v) is 4.41. The Bertz CT molecular complexity index is 592. The summed E-state index contributed by atoms with van der Waals surface area (Å²) in [5.74, 6) is 0. The fourth-order valence-corrected chi connectivity index (χ4v) is 3.74. The van der Waals surface area contributed by atoms with Gasteiger partial charge in [-0.25, -0.2) is 0 Å². The van der Waals surface area contributed by atoms with Crippen molar-refractivity contribution in [1.29, 1.82) is 0 Å². The van der Waals surface area contributed by atoms with E-state index < -0.39 is 0 Å². The van der Waals surface area contributed by atoms with Gasteiger partial charge in [0.05, 0.1) is 5.52 Å². The van der Waals surface area contributed by atoms with Gasteiger partial charge >= 0.3 is 0 Å². The van der Waals surface area contributed by atoms with Crippen LogP contribution in [-0.4, -0.2) is 11.1 Å². The smallest absolute Gasteiger partial charge is 0.0516 e. The summed E-state index contributed by atoms with van der Waals surface area (Å²) in [6.07, 6.45) is 3.90. The molecule has 0 amide bonds. The molecule has 1 aliphatic carbocycles. The van der Waals surface area contributed by atoms with Crippen LogP contribution in [0.5, 0.6) is 0 Å². The molecule has 88 valence electrons. The Morgan fingerprint density at radius 2 is 2.29 bits per heavy atom. The molecule has 0 radical (unpaired) electrons. The van der Waals surface area contributed by atoms with Gasteiger partial charge in [0.25, 0.3) is 0 Å². The molecule has 1 atom stereocenters. The molecular weight excluding hydrogens is 208 g/mol. The van der Waals surface area contributed by atoms with Crippen LogP contribution in [0.2, 0.25) is 0 Å². The molecule has 0 bridgehead atoms. The lowest BCUT2D eigenvalue weighted by atomic mass is 9.91. The van der Waals surface area contributed by atoms with Crippen LogP contribution in [-0.2, 0) is 13.0 Å². The van der Waals surface area contributed by atoms with Crippen LogP contribution >= 0.6 is 0 Å². The Morgan fingerprint density at radius 3 is 3.24 bits per heavy atom. The van der Waals surface area contributed by atoms with Crippen LogP contribution in [0.1, 0.15) is 35.7 Å². The van der Waals surface area contributed by atoms with Crippen molar-refractivity contribution in [2.45, 2.75) is 38.8 Å². The van der Waals surface area contributed by atoms with Crippen LogP contribution in [0.4, 0.5) is 0 Å². The van der Waals surface area contributed by atoms with Crippen molar-refractivity contribution in [1.82, 2.24) is 9.88 Å². The number of benzene rings is 1. The summed E-state index contributed by atoms with van der Waals surface area (Å²) >= 11 is 0. The monoisotopic (exact) mass is 226 g/mol. The average Bonchev–Trinajstić information content (AvgIpc) is 2.69. The third kappa shape index (κ3) is 1.19. The van der Waals surface area contributed by atoms with Gasteiger partial charge < -0.3 is 9.88 Å². The highest BCUT2D eigenvalue weighted by molar-refractivity contribution is 5.88. The molecule has 2 heteroatoms. The SMILES string of the molecule is Cc1cccc2c3c4n(c12)CCN[C@H]4CCC3. The minimum absolute atomic E-state index is 0.610. The second kappa shape index (κ2) is 3.36. The predicted molar refractivity (Wildman–Crippen MR) is 70.4 cm³/mol. The second-order valence-corrected chi connectivity index (χ2v) is 5.39. The molecule has 1 N–H and O–H groups in total. The third-order valence-electron chi connectivity index (χ3n) is 4.41. The molecule has 0 saturated heterocycles. The lowest BCUT2D eigenvalue weighted by Crippen LogP contribution is -2.35. The lowest BCUT2D eigenvalue weighted by molar-refractivity contribution is 0.384. The summed E-state index contributed by atoms with van der Waals surface area (Å²) in [6, 6.07) is 7.37. The molecule has 0 unspecified atom stereocenters. The van der Waals surface area contributed by atoms with E-state index >= 15 is 0 Å². The van der Waals surface area contributed by atoms with Crippen molar-refractivity contribution in [3.63, 3.8) is 0 Å². The number of rotatable bonds is 0. The highest BCUT2D eigenvalue weighted by Crippen LogP contribution is 2.39. The summed E-state index contributed by atoms with van der Waals surface area (Å²) in [4.78, 5) is 0. The van der Waals surface area contributed by atoms with E-state index in [4.69, 9.17) is 0 Å². The summed E-state index contributed by atoms with van der Waals surface area (Å²) in [7, 11) is 0. The van der Waals surface area contributed by atoms with Crippen LogP contribution in [0.15, 0.2) is 18.2 Å². The van der Waals surface area contributed by atoms with E-state index in [2.05, 4.69) is 35.0 Å². The number of fused-ring (bicyclic) bond motifs is 3. The van der Waals surface area contributed by atoms with Crippen molar-refractivity contribution >= 4 is 10.9 Å². The molecular formula is C15H18N2. The van der Waals surface area contributed by atoms with Gasteiger partial charge in [-0.05, 0) is 37.3 Å². The van der Waals surface area contributed by atoms with Crippen molar-refractivity contribution < 1.29 is 0 Å². The van der Waals surface area contributed by atoms with Gasteiger partial charge in [-0.1, -0.05) is 18.2 Å². The van der Waals surface area contributed by atoms with E-state index in [1.807, 2.05) is 0 Å². The largest absolute Gasteiger partial charge is 0.341 e. The van der Waals surface area contributed by atoms with Gasteiger partial charge in [-0.3, -0.25) is 0 Å². The zero-order valence-electron chi connectivity index (χ0n) is 10.3. The molecule has 1 aromatic carbocycles. The summed E-state index contributed by atoms with van der Waals surface area (Å²) < 4.78 is 2.58. The Kier molecular flexibility index (Phi) is 1.92. The number of nitrogens with zero attached hydrogens (tertiary/aromatic N) is 1. The van der Waals surface area contributed by atoms with E-state index in [1.165, 1.54) is 35.7 Å². The van der Waals surface area contributed by atoms with Gasteiger partial charge in [0.1, 0.15) is 0 Å². The maximum absolute atomic E-state index is 3.68. The van der Waals surface area contributed by atoms with Crippen molar-refractivity contribution in [2.75, 3.05) is 6.54 Å². The number of para-hydroxylation sites is 1. The first-order valence-corrected chi connectivity index (χ1v) is 6.70. The number of hydrogen-bond donors (Lipinski definition) is 1. The van der Waals surface area contributed by atoms with Gasteiger partial charge in [0.15, 0.2) is 0 Å². The molecule has 4 rings (SSSR count). The number of hydrogen-bond acceptors (Lipinski definition) is 1. The highest BCUT2D eigenvalue weighted by atomic mass is 15.1. The number of aryl methyl sites for hydroxylation is 2. The minimum atomic E-state index is 0.610. The molecule has 2 heterocycles. The minimum Gasteiger partial charge on any atom is -0.341 e. The maximum Gasteiger partial charge on any atom is 0.0516 e. The number of aromatic nitrogens is 1. The first-order valence-electron chi connectivity index (χ1n) is 6.70. The van der Waals surface area contributed by atoms with E-state index in [0.29, 0.717) is 6.04 Å². The Hall–Kier alpha value is -1.28. The van der Waals surface area contributed by atoms with Crippen molar-refractivity contribution in [3.8, 4) is 0 Å². The molecule has 0 fully saturated rings. The molecule has 0 saturated carbocycles. The Morgan fingerprint density at radius 1 is 1.35 bits per heavy atom. The Balaban J connectivity index is 2.15. The summed E-state index contributed by atoms with van der Waals surface area (Å²) in [6.45, 7) is 4.50. The van der Waals surface area contributed by atoms with Crippen LogP contribution in [0.25, 0.3) is 10.9 Å². The van der Waals surface area contributed by atoms with E-state index in [0.717, 1.165) is 13.1 Å². The first-order chi connectivity index (χ1) is 8.36. The van der Waals surface area contributed by atoms with Gasteiger partial charge in [-0.2, -0.15) is 0 Å². The van der Waals surface area contributed by atoms with E-state index in [-0.39, 0.29) is 0 Å².